The normalized spacial score (nSPS) is 10.6. The lowest BCUT2D eigenvalue weighted by atomic mass is 10.2. The Labute approximate surface area is 143 Å². The summed E-state index contributed by atoms with van der Waals surface area (Å²) in [7, 11) is 0. The number of nitrogens with zero attached hydrogens (tertiary/aromatic N) is 3. The van der Waals surface area contributed by atoms with Crippen LogP contribution in [0.2, 0.25) is 0 Å². The second-order valence-electron chi connectivity index (χ2n) is 4.87. The van der Waals surface area contributed by atoms with Gasteiger partial charge in [-0.15, -0.1) is 16.8 Å². The van der Waals surface area contributed by atoms with Crippen molar-refractivity contribution < 1.29 is 4.79 Å². The van der Waals surface area contributed by atoms with Gasteiger partial charge in [-0.05, 0) is 25.5 Å². The van der Waals surface area contributed by atoms with Crippen molar-refractivity contribution in [2.45, 2.75) is 31.5 Å². The van der Waals surface area contributed by atoms with E-state index in [0.29, 0.717) is 13.0 Å². The molecule has 0 saturated carbocycles. The molecular formula is C16H18BrN3OS. The van der Waals surface area contributed by atoms with E-state index in [2.05, 4.69) is 37.3 Å². The lowest BCUT2D eigenvalue weighted by molar-refractivity contribution is -0.117. The fourth-order valence-corrected chi connectivity index (χ4v) is 3.14. The number of Topliss-reactive ketones (excluding diaryl/α,β-unsaturated/α-hetero) is 1. The maximum atomic E-state index is 11.0. The van der Waals surface area contributed by atoms with E-state index in [1.165, 1.54) is 0 Å². The first-order valence-corrected chi connectivity index (χ1v) is 8.82. The van der Waals surface area contributed by atoms with Gasteiger partial charge >= 0.3 is 0 Å². The molecular weight excluding hydrogens is 362 g/mol. The summed E-state index contributed by atoms with van der Waals surface area (Å²) in [6.45, 7) is 6.09. The van der Waals surface area contributed by atoms with E-state index in [9.17, 15) is 4.79 Å². The van der Waals surface area contributed by atoms with Gasteiger partial charge in [0.15, 0.2) is 11.0 Å². The number of halogens is 1. The Kier molecular flexibility index (Phi) is 6.39. The number of hydrogen-bond donors (Lipinski definition) is 0. The highest BCUT2D eigenvalue weighted by atomic mass is 79.9. The van der Waals surface area contributed by atoms with Crippen LogP contribution in [0.1, 0.15) is 19.8 Å². The van der Waals surface area contributed by atoms with E-state index in [0.717, 1.165) is 33.2 Å². The van der Waals surface area contributed by atoms with Crippen LogP contribution in [0.5, 0.6) is 0 Å². The quantitative estimate of drug-likeness (QED) is 0.388. The fraction of sp³-hybridized carbons (Fsp3) is 0.312. The summed E-state index contributed by atoms with van der Waals surface area (Å²) in [6, 6.07) is 8.00. The lowest BCUT2D eigenvalue weighted by Crippen LogP contribution is -2.01. The predicted molar refractivity (Wildman–Crippen MR) is 94.0 cm³/mol. The van der Waals surface area contributed by atoms with Crippen molar-refractivity contribution in [3.05, 3.63) is 41.4 Å². The molecule has 0 fully saturated rings. The van der Waals surface area contributed by atoms with E-state index in [1.807, 2.05) is 30.3 Å². The molecule has 2 rings (SSSR count). The Hall–Kier alpha value is -1.40. The summed E-state index contributed by atoms with van der Waals surface area (Å²) in [5, 5.41) is 9.45. The average Bonchev–Trinajstić information content (AvgIpc) is 2.88. The Bertz CT molecular complexity index is 652. The third kappa shape index (κ3) is 4.55. The third-order valence-electron chi connectivity index (χ3n) is 3.04. The van der Waals surface area contributed by atoms with Crippen molar-refractivity contribution in [2.75, 3.05) is 5.75 Å². The smallest absolute Gasteiger partial charge is 0.191 e. The molecule has 0 saturated heterocycles. The van der Waals surface area contributed by atoms with Crippen LogP contribution in [0.15, 0.2) is 46.5 Å². The van der Waals surface area contributed by atoms with Crippen molar-refractivity contribution in [3.63, 3.8) is 0 Å². The zero-order valence-corrected chi connectivity index (χ0v) is 14.9. The van der Waals surface area contributed by atoms with Gasteiger partial charge in [-0.2, -0.15) is 0 Å². The molecule has 6 heteroatoms. The highest BCUT2D eigenvalue weighted by Crippen LogP contribution is 2.25. The molecule has 0 atom stereocenters. The van der Waals surface area contributed by atoms with E-state index >= 15 is 0 Å². The van der Waals surface area contributed by atoms with Gasteiger partial charge in [-0.3, -0.25) is 4.57 Å². The standard InChI is InChI=1S/C16H18BrN3OS/c1-3-10-20-15(13-6-8-14(17)9-7-13)18-19-16(20)22-11-4-5-12(2)21/h3,6-9H,1,4-5,10-11H2,2H3. The van der Waals surface area contributed by atoms with Crippen molar-refractivity contribution in [3.8, 4) is 11.4 Å². The Balaban J connectivity index is 2.16. The number of aromatic nitrogens is 3. The number of allylic oxidation sites excluding steroid dienone is 1. The number of rotatable bonds is 8. The van der Waals surface area contributed by atoms with E-state index in [1.54, 1.807) is 18.7 Å². The summed E-state index contributed by atoms with van der Waals surface area (Å²) in [4.78, 5) is 11.0. The van der Waals surface area contributed by atoms with Gasteiger partial charge in [-0.1, -0.05) is 45.9 Å². The molecule has 0 unspecified atom stereocenters. The summed E-state index contributed by atoms with van der Waals surface area (Å²) in [5.74, 6) is 1.92. The lowest BCUT2D eigenvalue weighted by Gasteiger charge is -2.07. The van der Waals surface area contributed by atoms with Gasteiger partial charge in [0.2, 0.25) is 0 Å². The molecule has 1 heterocycles. The minimum Gasteiger partial charge on any atom is -0.300 e. The molecule has 0 N–H and O–H groups in total. The fourth-order valence-electron chi connectivity index (χ4n) is 1.99. The Morgan fingerprint density at radius 1 is 1.36 bits per heavy atom. The summed E-state index contributed by atoms with van der Waals surface area (Å²) in [5.41, 5.74) is 1.02. The van der Waals surface area contributed by atoms with E-state index in [4.69, 9.17) is 0 Å². The van der Waals surface area contributed by atoms with Crippen LogP contribution < -0.4 is 0 Å². The molecule has 0 aliphatic heterocycles. The first-order valence-electron chi connectivity index (χ1n) is 7.04. The highest BCUT2D eigenvalue weighted by Gasteiger charge is 2.13. The molecule has 0 spiro atoms. The van der Waals surface area contributed by atoms with E-state index in [-0.39, 0.29) is 5.78 Å². The molecule has 0 aliphatic rings. The van der Waals surface area contributed by atoms with Crippen LogP contribution in [0.4, 0.5) is 0 Å². The minimum atomic E-state index is 0.226. The summed E-state index contributed by atoms with van der Waals surface area (Å²) >= 11 is 5.06. The first-order chi connectivity index (χ1) is 10.6. The maximum absolute atomic E-state index is 11.0. The number of hydrogen-bond acceptors (Lipinski definition) is 4. The summed E-state index contributed by atoms with van der Waals surface area (Å²) < 4.78 is 3.08. The van der Waals surface area contributed by atoms with Gasteiger partial charge in [0.05, 0.1) is 0 Å². The van der Waals surface area contributed by atoms with Crippen LogP contribution in [-0.2, 0) is 11.3 Å². The van der Waals surface area contributed by atoms with Crippen LogP contribution in [-0.4, -0.2) is 26.3 Å². The third-order valence-corrected chi connectivity index (χ3v) is 4.62. The number of carbonyl (C=O) groups excluding carboxylic acids is 1. The molecule has 116 valence electrons. The van der Waals surface area contributed by atoms with Gasteiger partial charge in [0.1, 0.15) is 5.78 Å². The number of benzene rings is 1. The monoisotopic (exact) mass is 379 g/mol. The SMILES string of the molecule is C=CCn1c(SCCCC(C)=O)nnc1-c1ccc(Br)cc1. The molecule has 0 bridgehead atoms. The van der Waals surface area contributed by atoms with Crippen molar-refractivity contribution >= 4 is 33.5 Å². The molecule has 1 aromatic heterocycles. The second kappa shape index (κ2) is 8.29. The molecule has 0 amide bonds. The number of carbonyl (C=O) groups is 1. The molecule has 0 radical (unpaired) electrons. The molecule has 4 nitrogen and oxygen atoms in total. The first kappa shape index (κ1) is 17.0. The zero-order valence-electron chi connectivity index (χ0n) is 12.5. The summed E-state index contributed by atoms with van der Waals surface area (Å²) in [6.07, 6.45) is 3.31. The highest BCUT2D eigenvalue weighted by molar-refractivity contribution is 9.10. The maximum Gasteiger partial charge on any atom is 0.191 e. The Morgan fingerprint density at radius 2 is 2.09 bits per heavy atom. The molecule has 22 heavy (non-hydrogen) atoms. The van der Waals surface area contributed by atoms with Crippen LogP contribution in [0, 0.1) is 0 Å². The second-order valence-corrected chi connectivity index (χ2v) is 6.84. The largest absolute Gasteiger partial charge is 0.300 e. The molecule has 2 aromatic rings. The predicted octanol–water partition coefficient (Wildman–Crippen LogP) is 4.35. The minimum absolute atomic E-state index is 0.226. The number of ketones is 1. The van der Waals surface area contributed by atoms with Crippen molar-refractivity contribution in [2.24, 2.45) is 0 Å². The average molecular weight is 380 g/mol. The molecule has 0 aliphatic carbocycles. The Morgan fingerprint density at radius 3 is 2.73 bits per heavy atom. The zero-order chi connectivity index (χ0) is 15.9. The van der Waals surface area contributed by atoms with Crippen LogP contribution >= 0.6 is 27.7 Å². The van der Waals surface area contributed by atoms with Gasteiger partial charge < -0.3 is 4.79 Å². The van der Waals surface area contributed by atoms with E-state index < -0.39 is 0 Å². The van der Waals surface area contributed by atoms with Gasteiger partial charge in [0.25, 0.3) is 0 Å². The van der Waals surface area contributed by atoms with Gasteiger partial charge in [0, 0.05) is 28.8 Å². The van der Waals surface area contributed by atoms with Crippen LogP contribution in [0.3, 0.4) is 0 Å². The van der Waals surface area contributed by atoms with Crippen molar-refractivity contribution in [1.82, 2.24) is 14.8 Å². The van der Waals surface area contributed by atoms with Crippen molar-refractivity contribution in [1.29, 1.82) is 0 Å². The van der Waals surface area contributed by atoms with Crippen LogP contribution in [0.25, 0.3) is 11.4 Å². The number of thioether (sulfide) groups is 1. The van der Waals surface area contributed by atoms with Gasteiger partial charge in [-0.25, -0.2) is 0 Å². The topological polar surface area (TPSA) is 47.8 Å². The molecule has 1 aromatic carbocycles.